The number of amides is 1. The lowest BCUT2D eigenvalue weighted by Crippen LogP contribution is -2.45. The Hall–Kier alpha value is -1.92. The second-order valence-corrected chi connectivity index (χ2v) is 21.1. The molecule has 0 fully saturated rings. The summed E-state index contributed by atoms with van der Waals surface area (Å²) in [5.41, 5.74) is 0. The van der Waals surface area contributed by atoms with Crippen LogP contribution in [0.5, 0.6) is 0 Å². The van der Waals surface area contributed by atoms with Gasteiger partial charge in [-0.05, 0) is 64.2 Å². The van der Waals surface area contributed by atoms with Crippen molar-refractivity contribution in [3.05, 3.63) is 36.5 Å². The molecular weight excluding hydrogens is 851 g/mol. The second kappa shape index (κ2) is 58.6. The van der Waals surface area contributed by atoms with Gasteiger partial charge < -0.3 is 20.3 Å². The summed E-state index contributed by atoms with van der Waals surface area (Å²) in [5, 5.41) is 23.1. The minimum atomic E-state index is -0.859. The van der Waals surface area contributed by atoms with Crippen molar-refractivity contribution in [1.82, 2.24) is 5.32 Å². The Morgan fingerprint density at radius 2 is 0.710 bits per heavy atom. The number of rotatable bonds is 57. The number of aliphatic hydroxyl groups is 2. The normalized spacial score (nSPS) is 12.8. The highest BCUT2D eigenvalue weighted by Crippen LogP contribution is 2.17. The van der Waals surface area contributed by atoms with Crippen molar-refractivity contribution in [1.29, 1.82) is 0 Å². The van der Waals surface area contributed by atoms with Crippen LogP contribution < -0.4 is 5.32 Å². The number of ether oxygens (including phenoxy) is 1. The average Bonchev–Trinajstić information content (AvgIpc) is 3.35. The van der Waals surface area contributed by atoms with Gasteiger partial charge in [-0.15, -0.1) is 0 Å². The summed E-state index contributed by atoms with van der Waals surface area (Å²) in [6, 6.07) is -0.645. The number of nitrogens with one attached hydrogen (secondary N) is 1. The fourth-order valence-corrected chi connectivity index (χ4v) is 9.45. The topological polar surface area (TPSA) is 95.9 Å². The number of hydrogen-bond donors (Lipinski definition) is 3. The minimum Gasteiger partial charge on any atom is -0.466 e. The number of unbranched alkanes of at least 4 members (excludes halogenated alkanes) is 43. The maximum atomic E-state index is 12.5. The molecule has 6 nitrogen and oxygen atoms in total. The number of hydrogen-bond acceptors (Lipinski definition) is 5. The highest BCUT2D eigenvalue weighted by atomic mass is 16.5. The van der Waals surface area contributed by atoms with E-state index in [1.54, 1.807) is 6.08 Å². The molecule has 0 saturated carbocycles. The predicted molar refractivity (Wildman–Crippen MR) is 301 cm³/mol. The van der Waals surface area contributed by atoms with E-state index in [-0.39, 0.29) is 18.5 Å². The molecule has 0 bridgehead atoms. The highest BCUT2D eigenvalue weighted by molar-refractivity contribution is 5.76. The van der Waals surface area contributed by atoms with Gasteiger partial charge in [0.2, 0.25) is 5.91 Å². The Morgan fingerprint density at radius 1 is 0.406 bits per heavy atom. The Morgan fingerprint density at radius 3 is 1.07 bits per heavy atom. The van der Waals surface area contributed by atoms with Gasteiger partial charge >= 0.3 is 5.97 Å². The van der Waals surface area contributed by atoms with E-state index in [4.69, 9.17) is 4.74 Å². The summed E-state index contributed by atoms with van der Waals surface area (Å²) in [4.78, 5) is 24.6. The molecule has 6 heteroatoms. The number of carbonyl (C=O) groups excluding carboxylic acids is 2. The van der Waals surface area contributed by atoms with Crippen LogP contribution in [-0.2, 0) is 14.3 Å². The molecule has 0 rings (SSSR count). The van der Waals surface area contributed by atoms with Gasteiger partial charge in [0.05, 0.1) is 25.4 Å². The fraction of sp³-hybridized carbons (Fsp3) is 0.873. The summed E-state index contributed by atoms with van der Waals surface area (Å²) < 4.78 is 5.47. The van der Waals surface area contributed by atoms with Crippen LogP contribution in [0.25, 0.3) is 0 Å². The third-order valence-corrected chi connectivity index (χ3v) is 14.2. The van der Waals surface area contributed by atoms with Crippen LogP contribution in [-0.4, -0.2) is 47.4 Å². The molecular formula is C63H119NO5. The van der Waals surface area contributed by atoms with E-state index in [1.165, 1.54) is 225 Å². The maximum absolute atomic E-state index is 12.5. The first kappa shape index (κ1) is 67.1. The van der Waals surface area contributed by atoms with Crippen molar-refractivity contribution in [3.63, 3.8) is 0 Å². The van der Waals surface area contributed by atoms with Gasteiger partial charge in [-0.1, -0.05) is 288 Å². The van der Waals surface area contributed by atoms with Crippen molar-refractivity contribution in [2.45, 2.75) is 341 Å². The number of aliphatic hydroxyl groups excluding tert-OH is 2. The number of carbonyl (C=O) groups is 2. The van der Waals surface area contributed by atoms with Gasteiger partial charge in [0.15, 0.2) is 0 Å². The molecule has 0 spiro atoms. The molecule has 0 heterocycles. The predicted octanol–water partition coefficient (Wildman–Crippen LogP) is 19.2. The quantitative estimate of drug-likeness (QED) is 0.0244. The molecule has 0 aromatic heterocycles. The number of esters is 1. The summed E-state index contributed by atoms with van der Waals surface area (Å²) in [6.07, 6.45) is 73.2. The summed E-state index contributed by atoms with van der Waals surface area (Å²) in [7, 11) is 0. The molecule has 2 atom stereocenters. The Labute approximate surface area is 430 Å². The summed E-state index contributed by atoms with van der Waals surface area (Å²) in [5.74, 6) is -0.106. The number of allylic oxidation sites excluding steroid dienone is 5. The molecule has 0 aliphatic rings. The van der Waals surface area contributed by atoms with Gasteiger partial charge in [-0.3, -0.25) is 9.59 Å². The highest BCUT2D eigenvalue weighted by Gasteiger charge is 2.18. The Balaban J connectivity index is 3.51. The zero-order valence-electron chi connectivity index (χ0n) is 46.3. The lowest BCUT2D eigenvalue weighted by Gasteiger charge is -2.20. The van der Waals surface area contributed by atoms with Crippen molar-refractivity contribution >= 4 is 11.9 Å². The van der Waals surface area contributed by atoms with E-state index < -0.39 is 12.1 Å². The van der Waals surface area contributed by atoms with E-state index in [0.717, 1.165) is 77.0 Å². The summed E-state index contributed by atoms with van der Waals surface area (Å²) in [6.45, 7) is 4.87. The lowest BCUT2D eigenvalue weighted by molar-refractivity contribution is -0.143. The second-order valence-electron chi connectivity index (χ2n) is 21.1. The van der Waals surface area contributed by atoms with Gasteiger partial charge in [0, 0.05) is 12.8 Å². The Kier molecular flexibility index (Phi) is 57.0. The van der Waals surface area contributed by atoms with Crippen LogP contribution in [0.4, 0.5) is 0 Å². The smallest absolute Gasteiger partial charge is 0.305 e. The molecule has 2 unspecified atom stereocenters. The summed E-state index contributed by atoms with van der Waals surface area (Å²) >= 11 is 0. The first-order valence-electron chi connectivity index (χ1n) is 30.8. The molecule has 0 radical (unpaired) electrons. The largest absolute Gasteiger partial charge is 0.466 e. The van der Waals surface area contributed by atoms with Crippen LogP contribution in [0.1, 0.15) is 328 Å². The van der Waals surface area contributed by atoms with Crippen LogP contribution >= 0.6 is 0 Å². The SMILES string of the molecule is CCCCCCCCCCCCCCCCCC/C=C/C(O)C(CO)NC(=O)CCCCCCCC/C=C\C=C/CCCCCOC(=O)CCCCCCCCCCCCCCCCCCCCC. The van der Waals surface area contributed by atoms with E-state index in [9.17, 15) is 19.8 Å². The van der Waals surface area contributed by atoms with E-state index in [1.807, 2.05) is 6.08 Å². The van der Waals surface area contributed by atoms with Crippen molar-refractivity contribution < 1.29 is 24.5 Å². The van der Waals surface area contributed by atoms with Crippen LogP contribution in [0.2, 0.25) is 0 Å². The molecule has 69 heavy (non-hydrogen) atoms. The molecule has 406 valence electrons. The van der Waals surface area contributed by atoms with Crippen molar-refractivity contribution in [2.75, 3.05) is 13.2 Å². The molecule has 0 aliphatic heterocycles. The minimum absolute atomic E-state index is 0.0179. The van der Waals surface area contributed by atoms with Gasteiger partial charge in [-0.2, -0.15) is 0 Å². The zero-order valence-corrected chi connectivity index (χ0v) is 46.3. The molecule has 0 aromatic rings. The lowest BCUT2D eigenvalue weighted by atomic mass is 10.0. The van der Waals surface area contributed by atoms with E-state index >= 15 is 0 Å². The van der Waals surface area contributed by atoms with E-state index in [2.05, 4.69) is 43.5 Å². The van der Waals surface area contributed by atoms with Gasteiger partial charge in [-0.25, -0.2) is 0 Å². The van der Waals surface area contributed by atoms with E-state index in [0.29, 0.717) is 19.4 Å². The Bertz CT molecular complexity index is 1120. The van der Waals surface area contributed by atoms with Crippen LogP contribution in [0, 0.1) is 0 Å². The van der Waals surface area contributed by atoms with Crippen molar-refractivity contribution in [3.8, 4) is 0 Å². The van der Waals surface area contributed by atoms with Crippen LogP contribution in [0.3, 0.4) is 0 Å². The first-order chi connectivity index (χ1) is 34.0. The first-order valence-corrected chi connectivity index (χ1v) is 30.8. The maximum Gasteiger partial charge on any atom is 0.305 e. The molecule has 0 aromatic carbocycles. The third kappa shape index (κ3) is 55.2. The standard InChI is InChI=1S/C63H119NO5/c1-3-5-7-9-11-13-15-17-19-21-23-25-29-33-37-41-45-49-53-57-63(68)69-58-54-50-46-42-38-34-30-26-28-32-36-40-44-48-52-56-62(67)64-60(59-65)61(66)55-51-47-43-39-35-31-27-24-22-20-18-16-14-12-10-8-6-4-2/h26,30,34,38,51,55,60-61,65-66H,3-25,27-29,31-33,35-37,39-50,52-54,56-59H2,1-2H3,(H,64,67)/b30-26-,38-34-,55-51+. The van der Waals surface area contributed by atoms with Crippen molar-refractivity contribution in [2.24, 2.45) is 0 Å². The monoisotopic (exact) mass is 970 g/mol. The molecule has 0 saturated heterocycles. The third-order valence-electron chi connectivity index (χ3n) is 14.2. The van der Waals surface area contributed by atoms with Gasteiger partial charge in [0.25, 0.3) is 0 Å². The fourth-order valence-electron chi connectivity index (χ4n) is 9.45. The average molecular weight is 971 g/mol. The zero-order chi connectivity index (χ0) is 50.0. The molecule has 3 N–H and O–H groups in total. The molecule has 0 aliphatic carbocycles. The molecule has 1 amide bonds. The van der Waals surface area contributed by atoms with Gasteiger partial charge in [0.1, 0.15) is 0 Å². The van der Waals surface area contributed by atoms with Crippen LogP contribution in [0.15, 0.2) is 36.5 Å².